The maximum Gasteiger partial charge on any atom is 0.573 e. The van der Waals surface area contributed by atoms with Gasteiger partial charge in [-0.3, -0.25) is 4.79 Å². The molecule has 0 heterocycles. The Morgan fingerprint density at radius 2 is 1.80 bits per heavy atom. The summed E-state index contributed by atoms with van der Waals surface area (Å²) in [6.07, 6.45) is -3.16. The van der Waals surface area contributed by atoms with Gasteiger partial charge in [0.2, 0.25) is 0 Å². The van der Waals surface area contributed by atoms with Crippen LogP contribution in [0.3, 0.4) is 0 Å². The number of carbonyl (C=O) groups is 1. The van der Waals surface area contributed by atoms with E-state index in [0.717, 1.165) is 25.0 Å². The molecule has 4 nitrogen and oxygen atoms in total. The van der Waals surface area contributed by atoms with Crippen molar-refractivity contribution >= 4 is 18.3 Å². The van der Waals surface area contributed by atoms with E-state index in [-0.39, 0.29) is 29.6 Å². The van der Waals surface area contributed by atoms with Crippen LogP contribution in [0.15, 0.2) is 24.3 Å². The van der Waals surface area contributed by atoms with E-state index in [9.17, 15) is 18.0 Å². The monoisotopic (exact) mass is 312 g/mol. The van der Waals surface area contributed by atoms with E-state index in [1.165, 1.54) is 12.1 Å². The minimum atomic E-state index is -4.73. The first-order valence-corrected chi connectivity index (χ1v) is 5.76. The van der Waals surface area contributed by atoms with E-state index in [2.05, 4.69) is 10.1 Å². The van der Waals surface area contributed by atoms with Crippen molar-refractivity contribution < 1.29 is 22.7 Å². The number of benzene rings is 1. The van der Waals surface area contributed by atoms with Gasteiger partial charge in [0.05, 0.1) is 0 Å². The van der Waals surface area contributed by atoms with Crippen molar-refractivity contribution in [1.29, 1.82) is 0 Å². The molecular formula is C12H16ClF3N2O2. The number of nitrogens with two attached hydrogens (primary N) is 1. The number of unbranched alkanes of at least 4 members (excludes halogenated alkanes) is 1. The van der Waals surface area contributed by atoms with Crippen LogP contribution in [0.25, 0.3) is 0 Å². The van der Waals surface area contributed by atoms with Crippen molar-refractivity contribution in [3.8, 4) is 5.75 Å². The van der Waals surface area contributed by atoms with Gasteiger partial charge in [0.25, 0.3) is 5.91 Å². The lowest BCUT2D eigenvalue weighted by Crippen LogP contribution is -2.24. The number of hydrogen-bond donors (Lipinski definition) is 2. The number of nitrogens with one attached hydrogen (secondary N) is 1. The normalized spacial score (nSPS) is 10.6. The summed E-state index contributed by atoms with van der Waals surface area (Å²) in [6.45, 7) is 1.04. The second-order valence-electron chi connectivity index (χ2n) is 3.82. The number of amides is 1. The molecule has 20 heavy (non-hydrogen) atoms. The number of halogens is 4. The highest BCUT2D eigenvalue weighted by Gasteiger charge is 2.31. The van der Waals surface area contributed by atoms with E-state index in [1.807, 2.05) is 0 Å². The predicted molar refractivity (Wildman–Crippen MR) is 71.0 cm³/mol. The molecule has 1 rings (SSSR count). The Bertz CT molecular complexity index is 410. The van der Waals surface area contributed by atoms with E-state index < -0.39 is 6.36 Å². The zero-order valence-electron chi connectivity index (χ0n) is 10.6. The largest absolute Gasteiger partial charge is 0.573 e. The molecule has 0 aromatic heterocycles. The molecule has 1 aromatic rings. The molecule has 0 aliphatic carbocycles. The summed E-state index contributed by atoms with van der Waals surface area (Å²) in [5.74, 6) is -0.692. The quantitative estimate of drug-likeness (QED) is 0.793. The summed E-state index contributed by atoms with van der Waals surface area (Å²) in [5, 5.41) is 2.64. The molecule has 0 unspecified atom stereocenters. The first-order chi connectivity index (χ1) is 8.92. The second kappa shape index (κ2) is 8.65. The molecule has 1 aromatic carbocycles. The molecular weight excluding hydrogens is 297 g/mol. The van der Waals surface area contributed by atoms with Gasteiger partial charge < -0.3 is 15.8 Å². The fourth-order valence-corrected chi connectivity index (χ4v) is 1.38. The molecule has 0 fully saturated rings. The highest BCUT2D eigenvalue weighted by Crippen LogP contribution is 2.22. The summed E-state index contributed by atoms with van der Waals surface area (Å²) in [4.78, 5) is 11.6. The number of rotatable bonds is 6. The highest BCUT2D eigenvalue weighted by atomic mass is 35.5. The van der Waals surface area contributed by atoms with Gasteiger partial charge in [0.15, 0.2) is 0 Å². The first kappa shape index (κ1) is 18.5. The highest BCUT2D eigenvalue weighted by molar-refractivity contribution is 5.94. The Morgan fingerprint density at radius 1 is 1.20 bits per heavy atom. The van der Waals surface area contributed by atoms with Gasteiger partial charge in [0, 0.05) is 12.1 Å². The van der Waals surface area contributed by atoms with Gasteiger partial charge in [-0.25, -0.2) is 0 Å². The number of ether oxygens (including phenoxy) is 1. The predicted octanol–water partition coefficient (Wildman–Crippen LogP) is 2.48. The molecule has 0 atom stereocenters. The summed E-state index contributed by atoms with van der Waals surface area (Å²) in [6, 6.07) is 4.75. The van der Waals surface area contributed by atoms with Gasteiger partial charge >= 0.3 is 6.36 Å². The average molecular weight is 313 g/mol. The summed E-state index contributed by atoms with van der Waals surface area (Å²) >= 11 is 0. The van der Waals surface area contributed by atoms with Crippen LogP contribution >= 0.6 is 12.4 Å². The zero-order valence-corrected chi connectivity index (χ0v) is 11.4. The maximum absolute atomic E-state index is 11.9. The van der Waals surface area contributed by atoms with Gasteiger partial charge in [-0.2, -0.15) is 0 Å². The third kappa shape index (κ3) is 7.20. The van der Waals surface area contributed by atoms with Crippen LogP contribution in [0.2, 0.25) is 0 Å². The second-order valence-corrected chi connectivity index (χ2v) is 3.82. The van der Waals surface area contributed by atoms with Crippen LogP contribution in [0.1, 0.15) is 23.2 Å². The molecule has 0 radical (unpaired) electrons. The van der Waals surface area contributed by atoms with Crippen molar-refractivity contribution in [3.63, 3.8) is 0 Å². The van der Waals surface area contributed by atoms with Crippen molar-refractivity contribution in [2.24, 2.45) is 5.73 Å². The Balaban J connectivity index is 0.00000361. The lowest BCUT2D eigenvalue weighted by atomic mass is 10.2. The molecule has 0 aliphatic rings. The minimum absolute atomic E-state index is 0. The SMILES string of the molecule is Cl.NCCCCNC(=O)c1ccc(OC(F)(F)F)cc1. The van der Waals surface area contributed by atoms with Gasteiger partial charge in [-0.15, -0.1) is 25.6 Å². The Hall–Kier alpha value is -1.47. The van der Waals surface area contributed by atoms with Crippen molar-refractivity contribution in [1.82, 2.24) is 5.32 Å². The van der Waals surface area contributed by atoms with Gasteiger partial charge in [-0.05, 0) is 43.7 Å². The molecule has 0 saturated heterocycles. The zero-order chi connectivity index (χ0) is 14.3. The smallest absolute Gasteiger partial charge is 0.406 e. The van der Waals surface area contributed by atoms with Crippen LogP contribution < -0.4 is 15.8 Å². The van der Waals surface area contributed by atoms with Gasteiger partial charge in [0.1, 0.15) is 5.75 Å². The van der Waals surface area contributed by atoms with Crippen LogP contribution in [-0.2, 0) is 0 Å². The van der Waals surface area contributed by atoms with Gasteiger partial charge in [-0.1, -0.05) is 0 Å². The first-order valence-electron chi connectivity index (χ1n) is 5.76. The summed E-state index contributed by atoms with van der Waals surface area (Å²) in [7, 11) is 0. The van der Waals surface area contributed by atoms with Crippen molar-refractivity contribution in [3.05, 3.63) is 29.8 Å². The Labute approximate surface area is 120 Å². The van der Waals surface area contributed by atoms with Crippen LogP contribution in [0.4, 0.5) is 13.2 Å². The van der Waals surface area contributed by atoms with E-state index >= 15 is 0 Å². The lowest BCUT2D eigenvalue weighted by molar-refractivity contribution is -0.274. The van der Waals surface area contributed by atoms with Crippen LogP contribution in [0.5, 0.6) is 5.75 Å². The van der Waals surface area contributed by atoms with Crippen LogP contribution in [-0.4, -0.2) is 25.4 Å². The molecule has 0 spiro atoms. The standard InChI is InChI=1S/C12H15F3N2O2.ClH/c13-12(14,15)19-10-5-3-9(4-6-10)11(18)17-8-2-1-7-16;/h3-6H,1-2,7-8,16H2,(H,17,18);1H. The molecule has 8 heteroatoms. The number of hydrogen-bond acceptors (Lipinski definition) is 3. The molecule has 114 valence electrons. The van der Waals surface area contributed by atoms with E-state index in [0.29, 0.717) is 13.1 Å². The van der Waals surface area contributed by atoms with Crippen molar-refractivity contribution in [2.75, 3.05) is 13.1 Å². The minimum Gasteiger partial charge on any atom is -0.406 e. The van der Waals surface area contributed by atoms with Crippen molar-refractivity contribution in [2.45, 2.75) is 19.2 Å². The lowest BCUT2D eigenvalue weighted by Gasteiger charge is -2.09. The number of carbonyl (C=O) groups excluding carboxylic acids is 1. The molecule has 0 aliphatic heterocycles. The van der Waals surface area contributed by atoms with E-state index in [4.69, 9.17) is 5.73 Å². The average Bonchev–Trinajstić information content (AvgIpc) is 2.33. The fraction of sp³-hybridized carbons (Fsp3) is 0.417. The molecule has 0 bridgehead atoms. The fourth-order valence-electron chi connectivity index (χ4n) is 1.38. The third-order valence-electron chi connectivity index (χ3n) is 2.27. The van der Waals surface area contributed by atoms with Crippen LogP contribution in [0, 0.1) is 0 Å². The molecule has 3 N–H and O–H groups in total. The Morgan fingerprint density at radius 3 is 2.30 bits per heavy atom. The summed E-state index contributed by atoms with van der Waals surface area (Å²) < 4.78 is 39.5. The van der Waals surface area contributed by atoms with E-state index in [1.54, 1.807) is 0 Å². The Kier molecular flexibility index (Phi) is 8.02. The molecule has 1 amide bonds. The summed E-state index contributed by atoms with van der Waals surface area (Å²) in [5.41, 5.74) is 5.58. The topological polar surface area (TPSA) is 64.3 Å². The maximum atomic E-state index is 11.9. The molecule has 0 saturated carbocycles. The third-order valence-corrected chi connectivity index (χ3v) is 2.27. The number of alkyl halides is 3.